The van der Waals surface area contributed by atoms with Gasteiger partial charge in [-0.05, 0) is 69.0 Å². The average molecular weight is 635 g/mol. The lowest BCUT2D eigenvalue weighted by atomic mass is 9.79. The highest BCUT2D eigenvalue weighted by Crippen LogP contribution is 2.34. The van der Waals surface area contributed by atoms with E-state index >= 15 is 0 Å². The van der Waals surface area contributed by atoms with Crippen LogP contribution in [0.15, 0.2) is 41.2 Å². The number of rotatable bonds is 9. The number of thioether (sulfide) groups is 1. The van der Waals surface area contributed by atoms with Crippen LogP contribution in [0.5, 0.6) is 5.75 Å². The van der Waals surface area contributed by atoms with Gasteiger partial charge in [0, 0.05) is 61.0 Å². The van der Waals surface area contributed by atoms with Gasteiger partial charge in [-0.2, -0.15) is 24.9 Å². The van der Waals surface area contributed by atoms with E-state index in [2.05, 4.69) is 31.9 Å². The largest absolute Gasteiger partial charge is 0.493 e. The summed E-state index contributed by atoms with van der Waals surface area (Å²) in [5, 5.41) is 0.0687. The van der Waals surface area contributed by atoms with Gasteiger partial charge in [-0.15, -0.1) is 0 Å². The van der Waals surface area contributed by atoms with Crippen LogP contribution in [0.3, 0.4) is 0 Å². The SMILES string of the molecule is Nc1ccc(N2CCN(C3CC(COc4cc(F)c5c(=O)[nH]c(CSC6CCN(CC(F)(F)F)CC6)nc5c4)C3)CC2)cc1. The number of fused-ring (bicyclic) bond motifs is 1. The van der Waals surface area contributed by atoms with E-state index in [9.17, 15) is 22.4 Å². The number of alkyl halides is 3. The molecule has 13 heteroatoms. The standard InChI is InChI=1S/C31H38F4N6O2S/c32-26-15-24(43-17-20-13-23(14-20)41-11-9-40(10-12-41)22-3-1-21(36)2-4-22)16-27-29(26)30(42)38-28(37-27)18-44-25-5-7-39(8-6-25)19-31(33,34)35/h1-4,15-16,20,23,25H,5-14,17-19,36H2,(H,37,38,42). The molecular formula is C31H38F4N6O2S. The van der Waals surface area contributed by atoms with E-state index in [-0.39, 0.29) is 16.2 Å². The van der Waals surface area contributed by atoms with Crippen molar-refractivity contribution in [2.75, 3.05) is 63.1 Å². The zero-order chi connectivity index (χ0) is 30.8. The van der Waals surface area contributed by atoms with E-state index in [0.29, 0.717) is 61.8 Å². The predicted molar refractivity (Wildman–Crippen MR) is 166 cm³/mol. The molecular weight excluding hydrogens is 596 g/mol. The van der Waals surface area contributed by atoms with Crippen LogP contribution in [0.25, 0.3) is 10.9 Å². The number of aromatic nitrogens is 2. The van der Waals surface area contributed by atoms with Gasteiger partial charge in [0.2, 0.25) is 0 Å². The summed E-state index contributed by atoms with van der Waals surface area (Å²) in [5.74, 6) is 0.868. The van der Waals surface area contributed by atoms with Crippen LogP contribution >= 0.6 is 11.8 Å². The van der Waals surface area contributed by atoms with Crippen molar-refractivity contribution in [3.8, 4) is 5.75 Å². The predicted octanol–water partition coefficient (Wildman–Crippen LogP) is 4.88. The van der Waals surface area contributed by atoms with E-state index in [1.807, 2.05) is 12.1 Å². The fourth-order valence-electron chi connectivity index (χ4n) is 6.46. The van der Waals surface area contributed by atoms with Gasteiger partial charge in [-0.1, -0.05) is 0 Å². The number of piperazine rings is 1. The Kier molecular flexibility index (Phi) is 9.25. The van der Waals surface area contributed by atoms with E-state index in [1.54, 1.807) is 17.8 Å². The van der Waals surface area contributed by atoms with Crippen LogP contribution in [0.2, 0.25) is 0 Å². The van der Waals surface area contributed by atoms with Crippen molar-refractivity contribution < 1.29 is 22.3 Å². The lowest BCUT2D eigenvalue weighted by molar-refractivity contribution is -0.147. The Morgan fingerprint density at radius 3 is 2.41 bits per heavy atom. The van der Waals surface area contributed by atoms with Gasteiger partial charge < -0.3 is 20.4 Å². The molecule has 0 unspecified atom stereocenters. The molecule has 0 radical (unpaired) electrons. The highest BCUT2D eigenvalue weighted by molar-refractivity contribution is 7.99. The topological polar surface area (TPSA) is 90.7 Å². The van der Waals surface area contributed by atoms with Crippen LogP contribution in [0.4, 0.5) is 28.9 Å². The zero-order valence-electron chi connectivity index (χ0n) is 24.5. The first-order valence-electron chi connectivity index (χ1n) is 15.2. The molecule has 3 aromatic rings. The fourth-order valence-corrected chi connectivity index (χ4v) is 7.54. The lowest BCUT2D eigenvalue weighted by Crippen LogP contribution is -2.54. The Hall–Kier alpha value is -3.03. The highest BCUT2D eigenvalue weighted by atomic mass is 32.2. The monoisotopic (exact) mass is 634 g/mol. The van der Waals surface area contributed by atoms with Crippen molar-refractivity contribution in [3.05, 3.63) is 58.4 Å². The summed E-state index contributed by atoms with van der Waals surface area (Å²) >= 11 is 1.56. The number of ether oxygens (including phenoxy) is 1. The summed E-state index contributed by atoms with van der Waals surface area (Å²) < 4.78 is 58.9. The Morgan fingerprint density at radius 1 is 1.02 bits per heavy atom. The molecule has 2 aliphatic heterocycles. The molecule has 3 heterocycles. The molecule has 8 nitrogen and oxygen atoms in total. The van der Waals surface area contributed by atoms with E-state index in [1.165, 1.54) is 16.7 Å². The van der Waals surface area contributed by atoms with Gasteiger partial charge in [0.25, 0.3) is 5.56 Å². The zero-order valence-corrected chi connectivity index (χ0v) is 25.3. The number of nitrogens with one attached hydrogen (secondary N) is 1. The van der Waals surface area contributed by atoms with E-state index in [4.69, 9.17) is 10.5 Å². The van der Waals surface area contributed by atoms with Crippen LogP contribution < -0.4 is 20.9 Å². The maximum atomic E-state index is 14.9. The van der Waals surface area contributed by atoms with Gasteiger partial charge in [0.1, 0.15) is 22.8 Å². The lowest BCUT2D eigenvalue weighted by Gasteiger charge is -2.46. The molecule has 1 aliphatic carbocycles. The third kappa shape index (κ3) is 7.60. The molecule has 3 aliphatic rings. The van der Waals surface area contributed by atoms with Crippen molar-refractivity contribution in [2.24, 2.45) is 5.92 Å². The van der Waals surface area contributed by atoms with Gasteiger partial charge >= 0.3 is 6.18 Å². The average Bonchev–Trinajstić information content (AvgIpc) is 2.95. The molecule has 0 atom stereocenters. The minimum Gasteiger partial charge on any atom is -0.493 e. The van der Waals surface area contributed by atoms with Crippen molar-refractivity contribution in [1.82, 2.24) is 19.8 Å². The maximum Gasteiger partial charge on any atom is 0.401 e. The number of benzene rings is 2. The van der Waals surface area contributed by atoms with E-state index in [0.717, 1.165) is 44.7 Å². The second-order valence-electron chi connectivity index (χ2n) is 12.1. The van der Waals surface area contributed by atoms with Crippen molar-refractivity contribution in [2.45, 2.75) is 48.9 Å². The van der Waals surface area contributed by atoms with Crippen molar-refractivity contribution in [3.63, 3.8) is 0 Å². The van der Waals surface area contributed by atoms with E-state index < -0.39 is 24.1 Å². The number of hydrogen-bond donors (Lipinski definition) is 2. The number of aromatic amines is 1. The molecule has 0 amide bonds. The number of nitrogen functional groups attached to an aromatic ring is 1. The molecule has 2 aromatic carbocycles. The number of H-pyrrole nitrogens is 1. The Labute approximate surface area is 257 Å². The minimum absolute atomic E-state index is 0.103. The Balaban J connectivity index is 0.973. The molecule has 44 heavy (non-hydrogen) atoms. The van der Waals surface area contributed by atoms with Crippen molar-refractivity contribution >= 4 is 34.0 Å². The molecule has 6 rings (SSSR count). The summed E-state index contributed by atoms with van der Waals surface area (Å²) in [4.78, 5) is 26.2. The van der Waals surface area contributed by atoms with Gasteiger partial charge in [0.15, 0.2) is 0 Å². The molecule has 238 valence electrons. The minimum atomic E-state index is -4.19. The maximum absolute atomic E-state index is 14.9. The van der Waals surface area contributed by atoms with Crippen LogP contribution in [0, 0.1) is 11.7 Å². The van der Waals surface area contributed by atoms with Gasteiger partial charge in [0.05, 0.1) is 24.4 Å². The molecule has 2 saturated heterocycles. The molecule has 1 saturated carbocycles. The number of halogens is 4. The third-order valence-electron chi connectivity index (χ3n) is 8.96. The first kappa shape index (κ1) is 31.0. The number of nitrogens with zero attached hydrogens (tertiary/aromatic N) is 4. The first-order chi connectivity index (χ1) is 21.1. The second-order valence-corrected chi connectivity index (χ2v) is 13.4. The van der Waals surface area contributed by atoms with Crippen LogP contribution in [-0.2, 0) is 5.75 Å². The van der Waals surface area contributed by atoms with Gasteiger partial charge in [-0.3, -0.25) is 14.6 Å². The first-order valence-corrected chi connectivity index (χ1v) is 16.2. The molecule has 0 bridgehead atoms. The summed E-state index contributed by atoms with van der Waals surface area (Å²) in [6.45, 7) is 4.34. The van der Waals surface area contributed by atoms with Crippen molar-refractivity contribution in [1.29, 1.82) is 0 Å². The fraction of sp³-hybridized carbons (Fsp3) is 0.548. The van der Waals surface area contributed by atoms with Gasteiger partial charge in [-0.25, -0.2) is 9.37 Å². The number of piperidine rings is 1. The molecule has 3 N–H and O–H groups in total. The third-order valence-corrected chi connectivity index (χ3v) is 10.3. The molecule has 3 fully saturated rings. The Bertz CT molecular complexity index is 1480. The van der Waals surface area contributed by atoms with Crippen LogP contribution in [0.1, 0.15) is 31.5 Å². The quantitative estimate of drug-likeness (QED) is 0.254. The van der Waals surface area contributed by atoms with Crippen LogP contribution in [-0.4, -0.2) is 89.7 Å². The smallest absolute Gasteiger partial charge is 0.401 e. The number of nitrogens with two attached hydrogens (primary N) is 1. The highest BCUT2D eigenvalue weighted by Gasteiger charge is 2.36. The Morgan fingerprint density at radius 2 is 1.73 bits per heavy atom. The number of hydrogen-bond acceptors (Lipinski definition) is 8. The second kappa shape index (κ2) is 13.1. The summed E-state index contributed by atoms with van der Waals surface area (Å²) in [6.07, 6.45) is -0.860. The molecule has 0 spiro atoms. The number of likely N-dealkylation sites (tertiary alicyclic amines) is 1. The normalized spacial score (nSPS) is 22.3. The summed E-state index contributed by atoms with van der Waals surface area (Å²) in [6, 6.07) is 11.4. The molecule has 1 aromatic heterocycles. The summed E-state index contributed by atoms with van der Waals surface area (Å²) in [5.41, 5.74) is 7.48. The number of anilines is 2. The summed E-state index contributed by atoms with van der Waals surface area (Å²) in [7, 11) is 0.